The molecule has 2 nitrogen and oxygen atoms in total. The van der Waals surface area contributed by atoms with Crippen LogP contribution in [0.15, 0.2) is 0 Å². The maximum absolute atomic E-state index is 13.5. The molecule has 152 valence electrons. The lowest BCUT2D eigenvalue weighted by molar-refractivity contribution is -0.286. The van der Waals surface area contributed by atoms with E-state index < -0.39 is 70.2 Å². The Morgan fingerprint density at radius 1 is 0.640 bits per heavy atom. The highest BCUT2D eigenvalue weighted by Gasteiger charge is 2.71. The highest BCUT2D eigenvalue weighted by atomic mass is 32.2. The molecule has 0 N–H and O–H groups in total. The van der Waals surface area contributed by atoms with Gasteiger partial charge in [-0.1, -0.05) is 26.7 Å². The van der Waals surface area contributed by atoms with Crippen LogP contribution in [0.25, 0.3) is 0 Å². The molecule has 0 aromatic carbocycles. The zero-order valence-corrected chi connectivity index (χ0v) is 13.8. The molecule has 0 aliphatic rings. The first-order valence-electron chi connectivity index (χ1n) is 7.00. The Labute approximate surface area is 137 Å². The minimum atomic E-state index is -6.43. The van der Waals surface area contributed by atoms with E-state index in [1.165, 1.54) is 0 Å². The van der Waals surface area contributed by atoms with Gasteiger partial charge in [-0.15, -0.1) is 0 Å². The third kappa shape index (κ3) is 4.70. The predicted octanol–water partition coefficient (Wildman–Crippen LogP) is 5.13. The number of alkyl halides is 10. The van der Waals surface area contributed by atoms with Crippen molar-refractivity contribution in [2.24, 2.45) is 0 Å². The minimum absolute atomic E-state index is 0.605. The van der Waals surface area contributed by atoms with Crippen LogP contribution in [0.2, 0.25) is 0 Å². The summed E-state index contributed by atoms with van der Waals surface area (Å²) in [5, 5.41) is -7.48. The fourth-order valence-electron chi connectivity index (χ4n) is 2.19. The normalized spacial score (nSPS) is 17.4. The van der Waals surface area contributed by atoms with Crippen molar-refractivity contribution in [2.75, 3.05) is 0 Å². The minimum Gasteiger partial charge on any atom is -0.228 e. The van der Waals surface area contributed by atoms with Gasteiger partial charge >= 0.3 is 24.2 Å². The van der Waals surface area contributed by atoms with Gasteiger partial charge in [0.1, 0.15) is 10.5 Å². The SMILES string of the molecule is CCCC(C(F)(F)C(F)(F)F)S(=O)(=O)C(CCC)C(F)(F)C(F)(F)F. The second-order valence-corrected chi connectivity index (χ2v) is 7.70. The van der Waals surface area contributed by atoms with E-state index in [1.807, 2.05) is 0 Å². The number of halogens is 10. The Morgan fingerprint density at radius 2 is 0.880 bits per heavy atom. The Hall–Kier alpha value is -0.750. The Bertz CT molecular complexity index is 493. The molecule has 0 saturated carbocycles. The van der Waals surface area contributed by atoms with Crippen LogP contribution < -0.4 is 0 Å². The maximum Gasteiger partial charge on any atom is 0.454 e. The van der Waals surface area contributed by atoms with Crippen LogP contribution in [0.1, 0.15) is 39.5 Å². The maximum atomic E-state index is 13.5. The van der Waals surface area contributed by atoms with Gasteiger partial charge in [-0.3, -0.25) is 0 Å². The second-order valence-electron chi connectivity index (χ2n) is 5.39. The summed E-state index contributed by atoms with van der Waals surface area (Å²) in [6, 6.07) is 0. The molecule has 0 radical (unpaired) electrons. The van der Waals surface area contributed by atoms with Crippen molar-refractivity contribution in [3.63, 3.8) is 0 Å². The molecule has 0 saturated heterocycles. The summed E-state index contributed by atoms with van der Waals surface area (Å²) in [6.45, 7) is 1.98. The van der Waals surface area contributed by atoms with E-state index in [4.69, 9.17) is 0 Å². The molecule has 0 fully saturated rings. The zero-order chi connectivity index (χ0) is 20.5. The highest BCUT2D eigenvalue weighted by Crippen LogP contribution is 2.48. The van der Waals surface area contributed by atoms with Crippen LogP contribution in [-0.4, -0.2) is 43.1 Å². The van der Waals surface area contributed by atoms with Crippen LogP contribution in [0.4, 0.5) is 43.9 Å². The van der Waals surface area contributed by atoms with Gasteiger partial charge in [-0.05, 0) is 12.8 Å². The highest BCUT2D eigenvalue weighted by molar-refractivity contribution is 7.92. The summed E-state index contributed by atoms with van der Waals surface area (Å²) in [6.07, 6.45) is -16.9. The van der Waals surface area contributed by atoms with Gasteiger partial charge in [0.25, 0.3) is 0 Å². The molecule has 0 rings (SSSR count). The van der Waals surface area contributed by atoms with Crippen molar-refractivity contribution in [2.45, 2.75) is 74.2 Å². The summed E-state index contributed by atoms with van der Waals surface area (Å²) < 4.78 is 153. The Kier molecular flexibility index (Phi) is 7.25. The number of rotatable bonds is 8. The molecule has 0 heterocycles. The van der Waals surface area contributed by atoms with Crippen LogP contribution in [0.5, 0.6) is 0 Å². The van der Waals surface area contributed by atoms with E-state index in [9.17, 15) is 52.3 Å². The predicted molar refractivity (Wildman–Crippen MR) is 68.3 cm³/mol. The lowest BCUT2D eigenvalue weighted by atomic mass is 10.1. The summed E-state index contributed by atoms with van der Waals surface area (Å²) in [4.78, 5) is 0. The molecule has 0 aliphatic heterocycles. The molecule has 2 unspecified atom stereocenters. The molecule has 2 atom stereocenters. The Balaban J connectivity index is 6.40. The van der Waals surface area contributed by atoms with Crippen LogP contribution in [-0.2, 0) is 9.84 Å². The van der Waals surface area contributed by atoms with Crippen LogP contribution >= 0.6 is 0 Å². The lowest BCUT2D eigenvalue weighted by Crippen LogP contribution is -2.58. The van der Waals surface area contributed by atoms with Crippen molar-refractivity contribution >= 4 is 9.84 Å². The smallest absolute Gasteiger partial charge is 0.228 e. The summed E-state index contributed by atoms with van der Waals surface area (Å²) in [5.41, 5.74) is 0. The summed E-state index contributed by atoms with van der Waals surface area (Å²) in [5.74, 6) is -12.0. The van der Waals surface area contributed by atoms with Crippen molar-refractivity contribution in [1.82, 2.24) is 0 Å². The van der Waals surface area contributed by atoms with Gasteiger partial charge in [0.2, 0.25) is 0 Å². The number of hydrogen-bond acceptors (Lipinski definition) is 2. The van der Waals surface area contributed by atoms with E-state index in [0.29, 0.717) is 0 Å². The Morgan fingerprint density at radius 3 is 1.04 bits per heavy atom. The average molecular weight is 414 g/mol. The first-order valence-corrected chi connectivity index (χ1v) is 8.61. The van der Waals surface area contributed by atoms with Gasteiger partial charge < -0.3 is 0 Å². The first kappa shape index (κ1) is 24.2. The molecule has 0 aromatic heterocycles. The molecule has 25 heavy (non-hydrogen) atoms. The van der Waals surface area contributed by atoms with E-state index in [2.05, 4.69) is 0 Å². The third-order valence-electron chi connectivity index (χ3n) is 3.46. The van der Waals surface area contributed by atoms with Crippen molar-refractivity contribution in [1.29, 1.82) is 0 Å². The van der Waals surface area contributed by atoms with E-state index in [0.717, 1.165) is 13.8 Å². The van der Waals surface area contributed by atoms with Gasteiger partial charge in [0, 0.05) is 0 Å². The number of hydrogen-bond donors (Lipinski definition) is 0. The van der Waals surface area contributed by atoms with Crippen LogP contribution in [0, 0.1) is 0 Å². The largest absolute Gasteiger partial charge is 0.454 e. The molecular formula is C12H16F10O2S. The molecule has 13 heteroatoms. The molecular weight excluding hydrogens is 398 g/mol. The standard InChI is InChI=1S/C12H16F10O2S/c1-3-5-7(9(13,14)11(17,18)19)25(23,24)8(6-4-2)10(15,16)12(20,21)22/h7-8H,3-6H2,1-2H3. The summed E-state index contributed by atoms with van der Waals surface area (Å²) in [7, 11) is -6.21. The topological polar surface area (TPSA) is 34.1 Å². The summed E-state index contributed by atoms with van der Waals surface area (Å²) >= 11 is 0. The second kappa shape index (κ2) is 7.47. The van der Waals surface area contributed by atoms with Gasteiger partial charge in [-0.25, -0.2) is 8.42 Å². The van der Waals surface area contributed by atoms with Gasteiger partial charge in [0.15, 0.2) is 9.84 Å². The van der Waals surface area contributed by atoms with E-state index in [-0.39, 0.29) is 0 Å². The van der Waals surface area contributed by atoms with Gasteiger partial charge in [-0.2, -0.15) is 43.9 Å². The average Bonchev–Trinajstić information content (AvgIpc) is 2.38. The monoisotopic (exact) mass is 414 g/mol. The molecule has 0 spiro atoms. The van der Waals surface area contributed by atoms with Crippen LogP contribution in [0.3, 0.4) is 0 Å². The molecule has 0 bridgehead atoms. The number of sulfone groups is 1. The molecule has 0 aromatic rings. The van der Waals surface area contributed by atoms with E-state index >= 15 is 0 Å². The molecule has 0 amide bonds. The molecule has 0 aliphatic carbocycles. The van der Waals surface area contributed by atoms with Crippen molar-refractivity contribution in [3.8, 4) is 0 Å². The van der Waals surface area contributed by atoms with Crippen molar-refractivity contribution < 1.29 is 52.3 Å². The first-order chi connectivity index (χ1) is 10.9. The van der Waals surface area contributed by atoms with E-state index in [1.54, 1.807) is 0 Å². The fraction of sp³-hybridized carbons (Fsp3) is 1.00. The quantitative estimate of drug-likeness (QED) is 0.516. The fourth-order valence-corrected chi connectivity index (χ4v) is 4.81. The van der Waals surface area contributed by atoms with Gasteiger partial charge in [0.05, 0.1) is 0 Å². The zero-order valence-electron chi connectivity index (χ0n) is 13.0. The third-order valence-corrected chi connectivity index (χ3v) is 6.11. The lowest BCUT2D eigenvalue weighted by Gasteiger charge is -2.34. The van der Waals surface area contributed by atoms with Crippen molar-refractivity contribution in [3.05, 3.63) is 0 Å².